The Hall–Kier alpha value is -2.01. The number of ether oxygens (including phenoxy) is 1. The SMILES string of the molecule is CCOC(=O)c1nc(C)n(-c2cccc(Cl)c2)c1N. The van der Waals surface area contributed by atoms with Crippen molar-refractivity contribution in [1.29, 1.82) is 0 Å². The Kier molecular flexibility index (Phi) is 3.76. The number of aromatic nitrogens is 2. The number of carbonyl (C=O) groups excluding carboxylic acids is 1. The van der Waals surface area contributed by atoms with Crippen molar-refractivity contribution >= 4 is 23.4 Å². The number of esters is 1. The highest BCUT2D eigenvalue weighted by Gasteiger charge is 2.20. The second-order valence-electron chi connectivity index (χ2n) is 3.93. The lowest BCUT2D eigenvalue weighted by molar-refractivity contribution is 0.0521. The fourth-order valence-corrected chi connectivity index (χ4v) is 2.02. The largest absolute Gasteiger partial charge is 0.461 e. The van der Waals surface area contributed by atoms with Crippen molar-refractivity contribution in [1.82, 2.24) is 9.55 Å². The second kappa shape index (κ2) is 5.32. The molecule has 0 saturated heterocycles. The first-order valence-electron chi connectivity index (χ1n) is 5.82. The van der Waals surface area contributed by atoms with Crippen LogP contribution in [0.25, 0.3) is 5.69 Å². The summed E-state index contributed by atoms with van der Waals surface area (Å²) in [7, 11) is 0. The Balaban J connectivity index is 2.51. The molecule has 0 amide bonds. The summed E-state index contributed by atoms with van der Waals surface area (Å²) in [6, 6.07) is 7.16. The summed E-state index contributed by atoms with van der Waals surface area (Å²) in [4.78, 5) is 15.9. The molecule has 5 nitrogen and oxygen atoms in total. The number of carbonyl (C=O) groups is 1. The second-order valence-corrected chi connectivity index (χ2v) is 4.37. The molecule has 1 aromatic carbocycles. The molecule has 6 heteroatoms. The lowest BCUT2D eigenvalue weighted by Gasteiger charge is -2.08. The van der Waals surface area contributed by atoms with Gasteiger partial charge < -0.3 is 10.5 Å². The Morgan fingerprint density at radius 3 is 2.89 bits per heavy atom. The van der Waals surface area contributed by atoms with Gasteiger partial charge in [-0.1, -0.05) is 17.7 Å². The molecule has 1 aromatic heterocycles. The summed E-state index contributed by atoms with van der Waals surface area (Å²) in [5.74, 6) is 0.324. The predicted molar refractivity (Wildman–Crippen MR) is 73.7 cm³/mol. The summed E-state index contributed by atoms with van der Waals surface area (Å²) in [5, 5.41) is 0.586. The molecule has 0 radical (unpaired) electrons. The minimum absolute atomic E-state index is 0.124. The van der Waals surface area contributed by atoms with Crippen LogP contribution in [0.1, 0.15) is 23.2 Å². The van der Waals surface area contributed by atoms with Crippen LogP contribution in [0, 0.1) is 6.92 Å². The van der Waals surface area contributed by atoms with Crippen molar-refractivity contribution < 1.29 is 9.53 Å². The molecule has 0 aliphatic heterocycles. The highest BCUT2D eigenvalue weighted by Crippen LogP contribution is 2.23. The van der Waals surface area contributed by atoms with Gasteiger partial charge in [-0.05, 0) is 32.0 Å². The van der Waals surface area contributed by atoms with E-state index in [0.29, 0.717) is 10.8 Å². The van der Waals surface area contributed by atoms with E-state index >= 15 is 0 Å². The number of nitrogen functional groups attached to an aromatic ring is 1. The van der Waals surface area contributed by atoms with Crippen LogP contribution < -0.4 is 5.73 Å². The van der Waals surface area contributed by atoms with Crippen molar-refractivity contribution in [3.63, 3.8) is 0 Å². The number of anilines is 1. The third-order valence-corrected chi connectivity index (χ3v) is 2.85. The van der Waals surface area contributed by atoms with Crippen molar-refractivity contribution in [3.05, 3.63) is 40.8 Å². The van der Waals surface area contributed by atoms with Gasteiger partial charge in [0.15, 0.2) is 5.69 Å². The first-order chi connectivity index (χ1) is 9.04. The molecule has 0 saturated carbocycles. The minimum Gasteiger partial charge on any atom is -0.461 e. The quantitative estimate of drug-likeness (QED) is 0.877. The van der Waals surface area contributed by atoms with Crippen molar-refractivity contribution in [3.8, 4) is 5.69 Å². The molecule has 1 heterocycles. The average Bonchev–Trinajstić information content (AvgIpc) is 2.65. The Morgan fingerprint density at radius 2 is 2.26 bits per heavy atom. The van der Waals surface area contributed by atoms with Crippen LogP contribution in [-0.2, 0) is 4.74 Å². The molecule has 100 valence electrons. The maximum Gasteiger partial charge on any atom is 0.360 e. The molecular weight excluding hydrogens is 266 g/mol. The molecule has 2 N–H and O–H groups in total. The highest BCUT2D eigenvalue weighted by molar-refractivity contribution is 6.30. The summed E-state index contributed by atoms with van der Waals surface area (Å²) >= 11 is 5.95. The van der Waals surface area contributed by atoms with Crippen LogP contribution in [0.2, 0.25) is 5.02 Å². The van der Waals surface area contributed by atoms with Crippen LogP contribution in [0.5, 0.6) is 0 Å². The zero-order valence-electron chi connectivity index (χ0n) is 10.7. The summed E-state index contributed by atoms with van der Waals surface area (Å²) in [6.45, 7) is 3.77. The third kappa shape index (κ3) is 2.56. The van der Waals surface area contributed by atoms with E-state index in [-0.39, 0.29) is 18.1 Å². The van der Waals surface area contributed by atoms with E-state index in [9.17, 15) is 4.79 Å². The van der Waals surface area contributed by atoms with Crippen molar-refractivity contribution in [2.45, 2.75) is 13.8 Å². The number of hydrogen-bond acceptors (Lipinski definition) is 4. The van der Waals surface area contributed by atoms with E-state index < -0.39 is 5.97 Å². The first-order valence-corrected chi connectivity index (χ1v) is 6.20. The fourth-order valence-electron chi connectivity index (χ4n) is 1.84. The lowest BCUT2D eigenvalue weighted by Crippen LogP contribution is -2.09. The fraction of sp³-hybridized carbons (Fsp3) is 0.231. The van der Waals surface area contributed by atoms with Gasteiger partial charge in [0.1, 0.15) is 11.6 Å². The minimum atomic E-state index is -0.524. The van der Waals surface area contributed by atoms with Gasteiger partial charge in [0.05, 0.1) is 12.3 Å². The van der Waals surface area contributed by atoms with Gasteiger partial charge in [0, 0.05) is 5.02 Å². The summed E-state index contributed by atoms with van der Waals surface area (Å²) < 4.78 is 6.58. The number of nitrogens with zero attached hydrogens (tertiary/aromatic N) is 2. The Bertz CT molecular complexity index is 622. The topological polar surface area (TPSA) is 70.1 Å². The van der Waals surface area contributed by atoms with E-state index in [1.165, 1.54) is 0 Å². The van der Waals surface area contributed by atoms with Gasteiger partial charge in [-0.3, -0.25) is 4.57 Å². The normalized spacial score (nSPS) is 10.5. The van der Waals surface area contributed by atoms with Gasteiger partial charge in [0.25, 0.3) is 0 Å². The first kappa shape index (κ1) is 13.4. The zero-order chi connectivity index (χ0) is 14.0. The van der Waals surface area contributed by atoms with Gasteiger partial charge in [-0.15, -0.1) is 0 Å². The molecule has 19 heavy (non-hydrogen) atoms. The molecule has 0 aliphatic carbocycles. The van der Waals surface area contributed by atoms with E-state index in [2.05, 4.69) is 4.98 Å². The van der Waals surface area contributed by atoms with E-state index in [4.69, 9.17) is 22.1 Å². The molecule has 0 bridgehead atoms. The van der Waals surface area contributed by atoms with Crippen molar-refractivity contribution in [2.75, 3.05) is 12.3 Å². The molecule has 0 atom stereocenters. The Labute approximate surface area is 116 Å². The smallest absolute Gasteiger partial charge is 0.360 e. The average molecular weight is 280 g/mol. The molecule has 0 spiro atoms. The van der Waals surface area contributed by atoms with Crippen LogP contribution >= 0.6 is 11.6 Å². The van der Waals surface area contributed by atoms with Gasteiger partial charge >= 0.3 is 5.97 Å². The van der Waals surface area contributed by atoms with Crippen LogP contribution in [0.15, 0.2) is 24.3 Å². The molecule has 2 aromatic rings. The molecular formula is C13H14ClN3O2. The van der Waals surface area contributed by atoms with E-state index in [1.54, 1.807) is 36.6 Å². The monoisotopic (exact) mass is 279 g/mol. The molecule has 0 unspecified atom stereocenters. The number of rotatable bonds is 3. The maximum atomic E-state index is 11.7. The van der Waals surface area contributed by atoms with E-state index in [0.717, 1.165) is 5.69 Å². The Morgan fingerprint density at radius 1 is 1.53 bits per heavy atom. The number of hydrogen-bond donors (Lipinski definition) is 1. The van der Waals surface area contributed by atoms with E-state index in [1.807, 2.05) is 6.07 Å². The highest BCUT2D eigenvalue weighted by atomic mass is 35.5. The number of benzene rings is 1. The van der Waals surface area contributed by atoms with Gasteiger partial charge in [0.2, 0.25) is 0 Å². The lowest BCUT2D eigenvalue weighted by atomic mass is 10.3. The number of halogens is 1. The van der Waals surface area contributed by atoms with Crippen LogP contribution in [-0.4, -0.2) is 22.1 Å². The van der Waals surface area contributed by atoms with Crippen LogP contribution in [0.3, 0.4) is 0 Å². The summed E-state index contributed by atoms with van der Waals surface area (Å²) in [6.07, 6.45) is 0. The van der Waals surface area contributed by atoms with Gasteiger partial charge in [-0.25, -0.2) is 9.78 Å². The molecule has 2 rings (SSSR count). The van der Waals surface area contributed by atoms with Gasteiger partial charge in [-0.2, -0.15) is 0 Å². The zero-order valence-corrected chi connectivity index (χ0v) is 11.4. The van der Waals surface area contributed by atoms with Crippen molar-refractivity contribution in [2.24, 2.45) is 0 Å². The predicted octanol–water partition coefficient (Wildman–Crippen LogP) is 2.59. The summed E-state index contributed by atoms with van der Waals surface area (Å²) in [5.41, 5.74) is 6.85. The maximum absolute atomic E-state index is 11.7. The molecule has 0 aliphatic rings. The molecule has 0 fully saturated rings. The third-order valence-electron chi connectivity index (χ3n) is 2.62. The van der Waals surface area contributed by atoms with Crippen LogP contribution in [0.4, 0.5) is 5.82 Å². The number of imidazole rings is 1. The number of aryl methyl sites for hydroxylation is 1. The number of nitrogens with two attached hydrogens (primary N) is 1. The standard InChI is InChI=1S/C13H14ClN3O2/c1-3-19-13(18)11-12(15)17(8(2)16-11)10-6-4-5-9(14)7-10/h4-7H,3,15H2,1-2H3.